The van der Waals surface area contributed by atoms with E-state index in [-0.39, 0.29) is 30.3 Å². The molecule has 1 aromatic carbocycles. The summed E-state index contributed by atoms with van der Waals surface area (Å²) in [6, 6.07) is 7.32. The highest BCUT2D eigenvalue weighted by Crippen LogP contribution is 2.20. The van der Waals surface area contributed by atoms with Crippen molar-refractivity contribution in [3.05, 3.63) is 30.6 Å². The number of aromatic nitrogens is 3. The third-order valence-corrected chi connectivity index (χ3v) is 3.30. The Bertz CT molecular complexity index is 611. The number of anilines is 1. The number of halogens is 1. The van der Waals surface area contributed by atoms with Crippen LogP contribution in [0.5, 0.6) is 0 Å². The lowest BCUT2D eigenvalue weighted by molar-refractivity contribution is -0.119. The first-order chi connectivity index (χ1) is 9.49. The minimum Gasteiger partial charge on any atom is -0.327 e. The Labute approximate surface area is 130 Å². The summed E-state index contributed by atoms with van der Waals surface area (Å²) in [5.41, 5.74) is 7.36. The molecule has 2 aromatic rings. The molecule has 0 spiro atoms. The predicted octanol–water partition coefficient (Wildman–Crippen LogP) is 1.83. The molecule has 7 heteroatoms. The second kappa shape index (κ2) is 7.19. The molecule has 114 valence electrons. The number of benzene rings is 1. The van der Waals surface area contributed by atoms with Gasteiger partial charge >= 0.3 is 0 Å². The first kappa shape index (κ1) is 17.1. The van der Waals surface area contributed by atoms with Crippen molar-refractivity contribution in [1.82, 2.24) is 14.8 Å². The quantitative estimate of drug-likeness (QED) is 0.902. The van der Waals surface area contributed by atoms with Crippen molar-refractivity contribution in [2.75, 3.05) is 5.32 Å². The molecule has 1 amide bonds. The summed E-state index contributed by atoms with van der Waals surface area (Å²) in [7, 11) is 1.87. The molecule has 0 saturated heterocycles. The number of nitrogens with one attached hydrogen (secondary N) is 1. The van der Waals surface area contributed by atoms with Crippen LogP contribution in [0.1, 0.15) is 13.8 Å². The summed E-state index contributed by atoms with van der Waals surface area (Å²) in [6.45, 7) is 3.63. The maximum atomic E-state index is 12.0. The van der Waals surface area contributed by atoms with Gasteiger partial charge in [0.15, 0.2) is 5.82 Å². The Balaban J connectivity index is 0.00000220. The van der Waals surface area contributed by atoms with Gasteiger partial charge in [0.25, 0.3) is 0 Å². The number of amides is 1. The van der Waals surface area contributed by atoms with E-state index in [4.69, 9.17) is 5.73 Å². The average molecular weight is 310 g/mol. The van der Waals surface area contributed by atoms with Gasteiger partial charge in [0, 0.05) is 24.3 Å². The van der Waals surface area contributed by atoms with E-state index in [0.717, 1.165) is 17.1 Å². The SMILES string of the molecule is CC(N)C(C)C(=O)Nc1cccc(-c2nncn2C)c1.Cl. The van der Waals surface area contributed by atoms with Gasteiger partial charge in [-0.15, -0.1) is 22.6 Å². The van der Waals surface area contributed by atoms with Gasteiger partial charge in [0.05, 0.1) is 5.92 Å². The molecule has 2 unspecified atom stereocenters. The standard InChI is InChI=1S/C14H19N5O.ClH/c1-9(10(2)15)14(20)17-12-6-4-5-11(7-12)13-18-16-8-19(13)3;/h4-10H,15H2,1-3H3,(H,17,20);1H. The van der Waals surface area contributed by atoms with Gasteiger partial charge in [0.2, 0.25) is 5.91 Å². The maximum absolute atomic E-state index is 12.0. The zero-order valence-electron chi connectivity index (χ0n) is 12.3. The lowest BCUT2D eigenvalue weighted by Crippen LogP contribution is -2.34. The predicted molar refractivity (Wildman–Crippen MR) is 85.1 cm³/mol. The Kier molecular flexibility index (Phi) is 5.87. The van der Waals surface area contributed by atoms with Crippen molar-refractivity contribution in [3.8, 4) is 11.4 Å². The van der Waals surface area contributed by atoms with Crippen LogP contribution in [0.15, 0.2) is 30.6 Å². The highest BCUT2D eigenvalue weighted by Gasteiger charge is 2.17. The number of carbonyl (C=O) groups excluding carboxylic acids is 1. The molecule has 21 heavy (non-hydrogen) atoms. The van der Waals surface area contributed by atoms with Crippen LogP contribution < -0.4 is 11.1 Å². The summed E-state index contributed by atoms with van der Waals surface area (Å²) in [5.74, 6) is 0.421. The fourth-order valence-corrected chi connectivity index (χ4v) is 1.78. The summed E-state index contributed by atoms with van der Waals surface area (Å²) in [5, 5.41) is 10.8. The molecule has 6 nitrogen and oxygen atoms in total. The molecule has 1 aromatic heterocycles. The second-order valence-corrected chi connectivity index (χ2v) is 4.98. The average Bonchev–Trinajstić information content (AvgIpc) is 2.84. The molecule has 2 rings (SSSR count). The minimum absolute atomic E-state index is 0. The van der Waals surface area contributed by atoms with E-state index in [1.54, 1.807) is 6.33 Å². The minimum atomic E-state index is -0.242. The van der Waals surface area contributed by atoms with Crippen molar-refractivity contribution in [2.45, 2.75) is 19.9 Å². The first-order valence-corrected chi connectivity index (χ1v) is 6.50. The van der Waals surface area contributed by atoms with Crippen LogP contribution in [-0.2, 0) is 11.8 Å². The molecule has 0 bridgehead atoms. The van der Waals surface area contributed by atoms with Crippen LogP contribution in [0.3, 0.4) is 0 Å². The fraction of sp³-hybridized carbons (Fsp3) is 0.357. The van der Waals surface area contributed by atoms with Crippen LogP contribution in [0, 0.1) is 5.92 Å². The Hall–Kier alpha value is -1.92. The third kappa shape index (κ3) is 4.03. The summed E-state index contributed by atoms with van der Waals surface area (Å²) >= 11 is 0. The summed E-state index contributed by atoms with van der Waals surface area (Å²) in [4.78, 5) is 12.0. The molecular weight excluding hydrogens is 290 g/mol. The van der Waals surface area contributed by atoms with Gasteiger partial charge in [-0.1, -0.05) is 19.1 Å². The zero-order valence-corrected chi connectivity index (χ0v) is 13.1. The maximum Gasteiger partial charge on any atom is 0.228 e. The van der Waals surface area contributed by atoms with Crippen molar-refractivity contribution in [3.63, 3.8) is 0 Å². The molecule has 0 aliphatic carbocycles. The van der Waals surface area contributed by atoms with E-state index in [1.807, 2.05) is 49.7 Å². The number of rotatable bonds is 4. The van der Waals surface area contributed by atoms with Crippen LogP contribution in [-0.4, -0.2) is 26.7 Å². The number of hydrogen-bond donors (Lipinski definition) is 2. The topological polar surface area (TPSA) is 85.8 Å². The van der Waals surface area contributed by atoms with Crippen molar-refractivity contribution >= 4 is 24.0 Å². The number of aryl methyl sites for hydroxylation is 1. The Morgan fingerprint density at radius 3 is 2.67 bits per heavy atom. The normalized spacial score (nSPS) is 13.1. The number of nitrogens with two attached hydrogens (primary N) is 1. The van der Waals surface area contributed by atoms with E-state index in [0.29, 0.717) is 0 Å². The highest BCUT2D eigenvalue weighted by atomic mass is 35.5. The van der Waals surface area contributed by atoms with Crippen LogP contribution in [0.25, 0.3) is 11.4 Å². The molecule has 2 atom stereocenters. The summed E-state index contributed by atoms with van der Waals surface area (Å²) in [6.07, 6.45) is 1.64. The molecule has 0 radical (unpaired) electrons. The third-order valence-electron chi connectivity index (χ3n) is 3.30. The molecule has 3 N–H and O–H groups in total. The Morgan fingerprint density at radius 1 is 1.38 bits per heavy atom. The van der Waals surface area contributed by atoms with Gasteiger partial charge in [-0.2, -0.15) is 0 Å². The van der Waals surface area contributed by atoms with Crippen molar-refractivity contribution < 1.29 is 4.79 Å². The van der Waals surface area contributed by atoms with Crippen LogP contribution >= 0.6 is 12.4 Å². The van der Waals surface area contributed by atoms with Gasteiger partial charge in [-0.25, -0.2) is 0 Å². The first-order valence-electron chi connectivity index (χ1n) is 6.50. The lowest BCUT2D eigenvalue weighted by atomic mass is 10.0. The van der Waals surface area contributed by atoms with Crippen LogP contribution in [0.2, 0.25) is 0 Å². The zero-order chi connectivity index (χ0) is 14.7. The van der Waals surface area contributed by atoms with Crippen molar-refractivity contribution in [1.29, 1.82) is 0 Å². The highest BCUT2D eigenvalue weighted by molar-refractivity contribution is 5.93. The van der Waals surface area contributed by atoms with E-state index in [1.165, 1.54) is 0 Å². The molecule has 0 saturated carbocycles. The van der Waals surface area contributed by atoms with Gasteiger partial charge in [-0.05, 0) is 19.1 Å². The van der Waals surface area contributed by atoms with Crippen LogP contribution in [0.4, 0.5) is 5.69 Å². The largest absolute Gasteiger partial charge is 0.327 e. The number of hydrogen-bond acceptors (Lipinski definition) is 4. The number of carbonyl (C=O) groups is 1. The Morgan fingerprint density at radius 2 is 2.10 bits per heavy atom. The molecule has 0 fully saturated rings. The van der Waals surface area contributed by atoms with E-state index >= 15 is 0 Å². The molecule has 1 heterocycles. The van der Waals surface area contributed by atoms with Gasteiger partial charge in [0.1, 0.15) is 6.33 Å². The van der Waals surface area contributed by atoms with Gasteiger partial charge < -0.3 is 15.6 Å². The van der Waals surface area contributed by atoms with Gasteiger partial charge in [-0.3, -0.25) is 4.79 Å². The molecular formula is C14H20ClN5O. The molecule has 0 aliphatic heterocycles. The monoisotopic (exact) mass is 309 g/mol. The number of nitrogens with zero attached hydrogens (tertiary/aromatic N) is 3. The second-order valence-electron chi connectivity index (χ2n) is 4.98. The lowest BCUT2D eigenvalue weighted by Gasteiger charge is -2.15. The fourth-order valence-electron chi connectivity index (χ4n) is 1.78. The summed E-state index contributed by atoms with van der Waals surface area (Å²) < 4.78 is 1.82. The van der Waals surface area contributed by atoms with Crippen molar-refractivity contribution in [2.24, 2.45) is 18.7 Å². The van der Waals surface area contributed by atoms with E-state index < -0.39 is 0 Å². The van der Waals surface area contributed by atoms with E-state index in [2.05, 4.69) is 15.5 Å². The van der Waals surface area contributed by atoms with E-state index in [9.17, 15) is 4.79 Å². The smallest absolute Gasteiger partial charge is 0.228 e. The molecule has 0 aliphatic rings.